The minimum atomic E-state index is -4.83. The van der Waals surface area contributed by atoms with Crippen LogP contribution in [0.4, 0.5) is 23.4 Å². The first kappa shape index (κ1) is 27.7. The summed E-state index contributed by atoms with van der Waals surface area (Å²) >= 11 is 0. The number of alkyl halides is 3. The molecule has 7 nitrogen and oxygen atoms in total. The first-order chi connectivity index (χ1) is 17.8. The molecule has 1 unspecified atom stereocenters. The molecule has 0 radical (unpaired) electrons. The standard InChI is InChI=1S/C27H32F4N4O3/c1-25(2,3)35-22(12-15-32-35)34-21-9-4-6-17(33-21)16-26(24(36)37)13-10-18(11-14-26)38-20-8-5-7-19(23(20)28)27(29,30)31/h4-9,15,18,22H,10-14,16H2,1-3H3,(H,33,34)(H,36,37)/t18-,22?,26-. The normalized spacial score (nSPS) is 23.9. The molecule has 206 valence electrons. The number of carboxylic acids is 1. The van der Waals surface area contributed by atoms with Gasteiger partial charge in [0, 0.05) is 24.8 Å². The number of aliphatic carboxylic acids is 1. The van der Waals surface area contributed by atoms with E-state index >= 15 is 0 Å². The molecule has 2 aliphatic rings. The summed E-state index contributed by atoms with van der Waals surface area (Å²) in [6, 6.07) is 8.34. The van der Waals surface area contributed by atoms with Crippen molar-refractivity contribution in [1.29, 1.82) is 0 Å². The number of aromatic nitrogens is 1. The molecular formula is C27H32F4N4O3. The quantitative estimate of drug-likeness (QED) is 0.416. The predicted octanol–water partition coefficient (Wildman–Crippen LogP) is 6.10. The number of pyridine rings is 1. The number of nitrogens with one attached hydrogen (secondary N) is 1. The Kier molecular flexibility index (Phi) is 7.58. The van der Waals surface area contributed by atoms with Crippen molar-refractivity contribution in [2.24, 2.45) is 10.5 Å². The Morgan fingerprint density at radius 3 is 2.47 bits per heavy atom. The second-order valence-corrected chi connectivity index (χ2v) is 10.9. The third-order valence-corrected chi connectivity index (χ3v) is 7.06. The third kappa shape index (κ3) is 6.02. The van der Waals surface area contributed by atoms with E-state index < -0.39 is 40.8 Å². The van der Waals surface area contributed by atoms with Gasteiger partial charge < -0.3 is 15.2 Å². The van der Waals surface area contributed by atoms with Crippen molar-refractivity contribution in [3.63, 3.8) is 0 Å². The molecule has 0 amide bonds. The van der Waals surface area contributed by atoms with Crippen LogP contribution in [0.2, 0.25) is 0 Å². The fraction of sp³-hybridized carbons (Fsp3) is 0.519. The van der Waals surface area contributed by atoms with Gasteiger partial charge in [0.05, 0.1) is 22.6 Å². The molecule has 1 saturated carbocycles. The number of hydrazone groups is 1. The van der Waals surface area contributed by atoms with E-state index in [2.05, 4.69) is 36.2 Å². The maximum atomic E-state index is 14.4. The van der Waals surface area contributed by atoms with E-state index in [-0.39, 0.29) is 43.8 Å². The first-order valence-corrected chi connectivity index (χ1v) is 12.6. The zero-order valence-corrected chi connectivity index (χ0v) is 21.6. The molecule has 1 aliphatic heterocycles. The van der Waals surface area contributed by atoms with Crippen molar-refractivity contribution >= 4 is 18.0 Å². The maximum Gasteiger partial charge on any atom is 0.419 e. The average molecular weight is 537 g/mol. The first-order valence-electron chi connectivity index (χ1n) is 12.6. The summed E-state index contributed by atoms with van der Waals surface area (Å²) in [5.74, 6) is -2.29. The number of hydrogen-bond donors (Lipinski definition) is 2. The molecular weight excluding hydrogens is 504 g/mol. The zero-order chi connectivity index (χ0) is 27.7. The van der Waals surface area contributed by atoms with E-state index in [1.165, 1.54) is 0 Å². The van der Waals surface area contributed by atoms with Crippen molar-refractivity contribution < 1.29 is 32.2 Å². The monoisotopic (exact) mass is 536 g/mol. The summed E-state index contributed by atoms with van der Waals surface area (Å²) in [4.78, 5) is 17.0. The number of ether oxygens (including phenoxy) is 1. The predicted molar refractivity (Wildman–Crippen MR) is 134 cm³/mol. The molecule has 11 heteroatoms. The molecule has 2 heterocycles. The fourth-order valence-corrected chi connectivity index (χ4v) is 5.08. The van der Waals surface area contributed by atoms with Crippen molar-refractivity contribution in [3.8, 4) is 5.75 Å². The highest BCUT2D eigenvalue weighted by molar-refractivity contribution is 5.75. The Bertz CT molecular complexity index is 1190. The van der Waals surface area contributed by atoms with Gasteiger partial charge in [-0.15, -0.1) is 0 Å². The van der Waals surface area contributed by atoms with Crippen molar-refractivity contribution in [2.75, 3.05) is 5.32 Å². The average Bonchev–Trinajstić information content (AvgIpc) is 3.30. The van der Waals surface area contributed by atoms with Crippen LogP contribution in [0.5, 0.6) is 5.75 Å². The number of carbonyl (C=O) groups is 1. The van der Waals surface area contributed by atoms with E-state index in [9.17, 15) is 27.5 Å². The van der Waals surface area contributed by atoms with Crippen molar-refractivity contribution in [1.82, 2.24) is 9.99 Å². The van der Waals surface area contributed by atoms with Crippen LogP contribution in [0.25, 0.3) is 0 Å². The van der Waals surface area contributed by atoms with Crippen LogP contribution in [0.3, 0.4) is 0 Å². The highest BCUT2D eigenvalue weighted by Crippen LogP contribution is 2.42. The molecule has 0 bridgehead atoms. The second-order valence-electron chi connectivity index (χ2n) is 10.9. The summed E-state index contributed by atoms with van der Waals surface area (Å²) in [7, 11) is 0. The van der Waals surface area contributed by atoms with Crippen LogP contribution in [-0.4, -0.2) is 45.1 Å². The SMILES string of the molecule is CC(C)(C)N1N=CCC1Nc1cccc(C[C@]2(C(=O)O)CC[C@H](Oc3cccc(C(F)(F)F)c3F)CC2)n1. The Balaban J connectivity index is 1.42. The van der Waals surface area contributed by atoms with Gasteiger partial charge in [0.2, 0.25) is 0 Å². The summed E-state index contributed by atoms with van der Waals surface area (Å²) in [6.07, 6.45) is -1.79. The lowest BCUT2D eigenvalue weighted by atomic mass is 9.70. The smallest absolute Gasteiger partial charge is 0.419 e. The lowest BCUT2D eigenvalue weighted by molar-refractivity contribution is -0.152. The summed E-state index contributed by atoms with van der Waals surface area (Å²) < 4.78 is 59.1. The minimum absolute atomic E-state index is 0.0741. The number of halogens is 4. The van der Waals surface area contributed by atoms with Gasteiger partial charge in [0.25, 0.3) is 0 Å². The summed E-state index contributed by atoms with van der Waals surface area (Å²) in [5, 5.41) is 19.9. The van der Waals surface area contributed by atoms with Gasteiger partial charge in [-0.1, -0.05) is 12.1 Å². The van der Waals surface area contributed by atoms with E-state index in [1.807, 2.05) is 23.4 Å². The topological polar surface area (TPSA) is 87.1 Å². The largest absolute Gasteiger partial charge is 0.487 e. The van der Waals surface area contributed by atoms with Crippen LogP contribution in [0, 0.1) is 11.2 Å². The number of carboxylic acid groups (broad SMARTS) is 1. The van der Waals surface area contributed by atoms with Crippen molar-refractivity contribution in [2.45, 2.75) is 83.3 Å². The van der Waals surface area contributed by atoms with Crippen LogP contribution in [0.15, 0.2) is 41.5 Å². The molecule has 2 N–H and O–H groups in total. The third-order valence-electron chi connectivity index (χ3n) is 7.06. The van der Waals surface area contributed by atoms with Gasteiger partial charge in [-0.05, 0) is 70.7 Å². The van der Waals surface area contributed by atoms with Gasteiger partial charge >= 0.3 is 12.1 Å². The van der Waals surface area contributed by atoms with Gasteiger partial charge in [-0.2, -0.15) is 18.3 Å². The molecule has 0 saturated heterocycles. The molecule has 1 atom stereocenters. The summed E-state index contributed by atoms with van der Waals surface area (Å²) in [6.45, 7) is 6.19. The van der Waals surface area contributed by atoms with Crippen LogP contribution in [-0.2, 0) is 17.4 Å². The molecule has 1 aromatic carbocycles. The Hall–Kier alpha value is -3.37. The minimum Gasteiger partial charge on any atom is -0.487 e. The van der Waals surface area contributed by atoms with Gasteiger partial charge in [-0.3, -0.25) is 9.80 Å². The van der Waals surface area contributed by atoms with Crippen molar-refractivity contribution in [3.05, 3.63) is 53.5 Å². The Morgan fingerprint density at radius 1 is 1.16 bits per heavy atom. The summed E-state index contributed by atoms with van der Waals surface area (Å²) in [5.41, 5.74) is -2.07. The molecule has 1 fully saturated rings. The van der Waals surface area contributed by atoms with E-state index in [1.54, 1.807) is 6.07 Å². The number of nitrogens with zero attached hydrogens (tertiary/aromatic N) is 3. The fourth-order valence-electron chi connectivity index (χ4n) is 5.08. The molecule has 38 heavy (non-hydrogen) atoms. The number of rotatable bonds is 7. The second kappa shape index (κ2) is 10.4. The van der Waals surface area contributed by atoms with Gasteiger partial charge in [0.1, 0.15) is 12.0 Å². The zero-order valence-electron chi connectivity index (χ0n) is 21.6. The number of benzene rings is 1. The Morgan fingerprint density at radius 2 is 1.84 bits per heavy atom. The van der Waals surface area contributed by atoms with Gasteiger partial charge in [0.15, 0.2) is 11.6 Å². The molecule has 1 aliphatic carbocycles. The molecule has 1 aromatic heterocycles. The highest BCUT2D eigenvalue weighted by Gasteiger charge is 2.43. The Labute approximate surface area is 218 Å². The maximum absolute atomic E-state index is 14.4. The molecule has 2 aromatic rings. The van der Waals surface area contributed by atoms with E-state index in [0.29, 0.717) is 24.0 Å². The highest BCUT2D eigenvalue weighted by atomic mass is 19.4. The molecule has 4 rings (SSSR count). The van der Waals surface area contributed by atoms with Crippen LogP contribution >= 0.6 is 0 Å². The van der Waals surface area contributed by atoms with Crippen LogP contribution in [0.1, 0.15) is 64.1 Å². The van der Waals surface area contributed by atoms with E-state index in [4.69, 9.17) is 4.74 Å². The van der Waals surface area contributed by atoms with Gasteiger partial charge in [-0.25, -0.2) is 9.37 Å². The van der Waals surface area contributed by atoms with Crippen LogP contribution < -0.4 is 10.1 Å². The van der Waals surface area contributed by atoms with E-state index in [0.717, 1.165) is 12.1 Å². The number of anilines is 1. The molecule has 0 spiro atoms. The number of hydrogen-bond acceptors (Lipinski definition) is 6. The lowest BCUT2D eigenvalue weighted by Gasteiger charge is -2.37. The lowest BCUT2D eigenvalue weighted by Crippen LogP contribution is -2.45.